The number of hydrogen-bond donors (Lipinski definition) is 1. The van der Waals surface area contributed by atoms with Gasteiger partial charge in [0.25, 0.3) is 5.91 Å². The maximum atomic E-state index is 13.2. The molecule has 0 unspecified atom stereocenters. The molecule has 2 heterocycles. The van der Waals surface area contributed by atoms with Crippen molar-refractivity contribution in [2.45, 2.75) is 19.3 Å². The number of carbonyl (C=O) groups excluding carboxylic acids is 1. The summed E-state index contributed by atoms with van der Waals surface area (Å²) in [7, 11) is 0. The highest BCUT2D eigenvalue weighted by molar-refractivity contribution is 6.31. The molecule has 0 aliphatic carbocycles. The van der Waals surface area contributed by atoms with E-state index in [2.05, 4.69) is 35.6 Å². The van der Waals surface area contributed by atoms with Crippen LogP contribution in [0, 0.1) is 5.92 Å². The van der Waals surface area contributed by atoms with Crippen molar-refractivity contribution >= 4 is 40.0 Å². The Kier molecular flexibility index (Phi) is 7.24. The van der Waals surface area contributed by atoms with Crippen LogP contribution in [0.2, 0.25) is 5.02 Å². The number of piperidine rings is 1. The molecule has 0 saturated carbocycles. The van der Waals surface area contributed by atoms with Gasteiger partial charge in [-0.15, -0.1) is 0 Å². The fraction of sp³-hybridized carbons (Fsp3) is 0.182. The minimum atomic E-state index is 0.0879. The van der Waals surface area contributed by atoms with Crippen molar-refractivity contribution in [3.63, 3.8) is 0 Å². The lowest BCUT2D eigenvalue weighted by Gasteiger charge is -2.32. The van der Waals surface area contributed by atoms with E-state index >= 15 is 0 Å². The number of hydrogen-bond acceptors (Lipinski definition) is 4. The van der Waals surface area contributed by atoms with Crippen molar-refractivity contribution in [1.82, 2.24) is 14.9 Å². The average Bonchev–Trinajstić information content (AvgIpc) is 2.98. The normalized spacial score (nSPS) is 13.9. The molecule has 194 valence electrons. The number of fused-ring (bicyclic) bond motifs is 1. The highest BCUT2D eigenvalue weighted by Crippen LogP contribution is 2.30. The second-order valence-corrected chi connectivity index (χ2v) is 10.5. The first-order chi connectivity index (χ1) is 19.1. The second-order valence-electron chi connectivity index (χ2n) is 10.1. The van der Waals surface area contributed by atoms with Gasteiger partial charge in [-0.2, -0.15) is 0 Å². The molecule has 5 aromatic rings. The summed E-state index contributed by atoms with van der Waals surface area (Å²) in [5.41, 5.74) is 5.50. The zero-order chi connectivity index (χ0) is 26.6. The molecule has 0 atom stereocenters. The quantitative estimate of drug-likeness (QED) is 0.242. The van der Waals surface area contributed by atoms with E-state index in [1.807, 2.05) is 77.7 Å². The van der Waals surface area contributed by atoms with E-state index in [1.54, 1.807) is 0 Å². The monoisotopic (exact) mass is 532 g/mol. The van der Waals surface area contributed by atoms with Gasteiger partial charge in [-0.25, -0.2) is 9.97 Å². The fourth-order valence-electron chi connectivity index (χ4n) is 5.27. The smallest absolute Gasteiger partial charge is 0.253 e. The lowest BCUT2D eigenvalue weighted by atomic mass is 9.90. The molecule has 1 aromatic heterocycles. The van der Waals surface area contributed by atoms with Crippen molar-refractivity contribution < 1.29 is 4.79 Å². The summed E-state index contributed by atoms with van der Waals surface area (Å²) < 4.78 is 0. The Morgan fingerprint density at radius 2 is 1.54 bits per heavy atom. The van der Waals surface area contributed by atoms with Crippen LogP contribution in [-0.4, -0.2) is 33.9 Å². The molecular weight excluding hydrogens is 504 g/mol. The number of anilines is 2. The van der Waals surface area contributed by atoms with Gasteiger partial charge < -0.3 is 10.2 Å². The third kappa shape index (κ3) is 5.79. The van der Waals surface area contributed by atoms with Gasteiger partial charge in [-0.05, 0) is 73.2 Å². The van der Waals surface area contributed by atoms with E-state index in [1.165, 1.54) is 5.56 Å². The first-order valence-electron chi connectivity index (χ1n) is 13.4. The molecule has 5 nitrogen and oxygen atoms in total. The Morgan fingerprint density at radius 1 is 0.846 bits per heavy atom. The molecule has 1 amide bonds. The van der Waals surface area contributed by atoms with E-state index in [4.69, 9.17) is 21.6 Å². The average molecular weight is 533 g/mol. The van der Waals surface area contributed by atoms with Gasteiger partial charge in [-0.1, -0.05) is 72.3 Å². The molecule has 6 rings (SSSR count). The van der Waals surface area contributed by atoms with Crippen LogP contribution in [0.5, 0.6) is 0 Å². The Balaban J connectivity index is 1.14. The first-order valence-corrected chi connectivity index (χ1v) is 13.7. The molecule has 1 aliphatic rings. The van der Waals surface area contributed by atoms with Gasteiger partial charge in [0.1, 0.15) is 0 Å². The van der Waals surface area contributed by atoms with E-state index in [0.717, 1.165) is 60.2 Å². The number of nitrogens with one attached hydrogen (secondary N) is 1. The summed E-state index contributed by atoms with van der Waals surface area (Å²) in [6.07, 6.45) is 3.15. The molecule has 1 fully saturated rings. The minimum absolute atomic E-state index is 0.0879. The number of carbonyl (C=O) groups is 1. The van der Waals surface area contributed by atoms with Gasteiger partial charge in [0, 0.05) is 40.3 Å². The maximum Gasteiger partial charge on any atom is 0.253 e. The molecule has 1 N–H and O–H groups in total. The Bertz CT molecular complexity index is 1580. The molecule has 0 radical (unpaired) electrons. The van der Waals surface area contributed by atoms with Gasteiger partial charge in [0.05, 0.1) is 11.2 Å². The highest BCUT2D eigenvalue weighted by atomic mass is 35.5. The van der Waals surface area contributed by atoms with E-state index in [9.17, 15) is 4.79 Å². The summed E-state index contributed by atoms with van der Waals surface area (Å²) in [6.45, 7) is 1.60. The standard InChI is InChI=1S/C33H29ClN4O/c34-27-13-16-30-29(22-27)31(25-9-5-2-6-10-25)37-33(36-30)35-28-14-11-26(12-15-28)32(39)38-19-17-24(18-20-38)21-23-7-3-1-4-8-23/h1-16,22,24H,17-21H2,(H,35,36,37). The van der Waals surface area contributed by atoms with Crippen LogP contribution in [0.25, 0.3) is 22.2 Å². The fourth-order valence-corrected chi connectivity index (χ4v) is 5.44. The van der Waals surface area contributed by atoms with Gasteiger partial charge in [0.15, 0.2) is 0 Å². The topological polar surface area (TPSA) is 58.1 Å². The van der Waals surface area contributed by atoms with Crippen molar-refractivity contribution in [3.05, 3.63) is 119 Å². The lowest BCUT2D eigenvalue weighted by Crippen LogP contribution is -2.38. The van der Waals surface area contributed by atoms with Crippen molar-refractivity contribution in [3.8, 4) is 11.3 Å². The molecular formula is C33H29ClN4O. The van der Waals surface area contributed by atoms with Crippen LogP contribution < -0.4 is 5.32 Å². The molecule has 4 aromatic carbocycles. The number of aromatic nitrogens is 2. The van der Waals surface area contributed by atoms with Crippen LogP contribution in [0.4, 0.5) is 11.6 Å². The third-order valence-electron chi connectivity index (χ3n) is 7.36. The molecule has 1 saturated heterocycles. The highest BCUT2D eigenvalue weighted by Gasteiger charge is 2.24. The predicted molar refractivity (Wildman–Crippen MR) is 158 cm³/mol. The molecule has 0 bridgehead atoms. The Labute approximate surface area is 233 Å². The Morgan fingerprint density at radius 3 is 2.26 bits per heavy atom. The van der Waals surface area contributed by atoms with Gasteiger partial charge in [-0.3, -0.25) is 4.79 Å². The first kappa shape index (κ1) is 25.1. The van der Waals surface area contributed by atoms with Crippen LogP contribution in [0.3, 0.4) is 0 Å². The van der Waals surface area contributed by atoms with Crippen LogP contribution in [0.1, 0.15) is 28.8 Å². The maximum absolute atomic E-state index is 13.2. The van der Waals surface area contributed by atoms with Gasteiger partial charge in [0.2, 0.25) is 5.95 Å². The number of rotatable bonds is 6. The second kappa shape index (κ2) is 11.3. The molecule has 1 aliphatic heterocycles. The van der Waals surface area contributed by atoms with Crippen LogP contribution >= 0.6 is 11.6 Å². The van der Waals surface area contributed by atoms with Gasteiger partial charge >= 0.3 is 0 Å². The number of amides is 1. The number of halogens is 1. The lowest BCUT2D eigenvalue weighted by molar-refractivity contribution is 0.0690. The summed E-state index contributed by atoms with van der Waals surface area (Å²) in [5.74, 6) is 1.20. The summed E-state index contributed by atoms with van der Waals surface area (Å²) in [4.78, 5) is 24.7. The molecule has 0 spiro atoms. The summed E-state index contributed by atoms with van der Waals surface area (Å²) in [6, 6.07) is 33.8. The summed E-state index contributed by atoms with van der Waals surface area (Å²) >= 11 is 6.28. The zero-order valence-corrected chi connectivity index (χ0v) is 22.3. The van der Waals surface area contributed by atoms with Crippen LogP contribution in [-0.2, 0) is 6.42 Å². The predicted octanol–water partition coefficient (Wildman–Crippen LogP) is 7.79. The van der Waals surface area contributed by atoms with Crippen molar-refractivity contribution in [2.75, 3.05) is 18.4 Å². The number of nitrogens with zero attached hydrogens (tertiary/aromatic N) is 3. The third-order valence-corrected chi connectivity index (χ3v) is 7.60. The van der Waals surface area contributed by atoms with E-state index in [0.29, 0.717) is 22.5 Å². The van der Waals surface area contributed by atoms with Crippen molar-refractivity contribution in [1.29, 1.82) is 0 Å². The van der Waals surface area contributed by atoms with E-state index in [-0.39, 0.29) is 5.91 Å². The molecule has 39 heavy (non-hydrogen) atoms. The van der Waals surface area contributed by atoms with Crippen molar-refractivity contribution in [2.24, 2.45) is 5.92 Å². The number of benzene rings is 4. The van der Waals surface area contributed by atoms with E-state index < -0.39 is 0 Å². The zero-order valence-electron chi connectivity index (χ0n) is 21.6. The summed E-state index contributed by atoms with van der Waals surface area (Å²) in [5, 5.41) is 4.85. The minimum Gasteiger partial charge on any atom is -0.339 e. The number of likely N-dealkylation sites (tertiary alicyclic amines) is 1. The largest absolute Gasteiger partial charge is 0.339 e. The molecule has 6 heteroatoms. The SMILES string of the molecule is O=C(c1ccc(Nc2nc(-c3ccccc3)c3cc(Cl)ccc3n2)cc1)N1CCC(Cc2ccccc2)CC1. The Hall–Kier alpha value is -4.22. The van der Waals surface area contributed by atoms with Crippen LogP contribution in [0.15, 0.2) is 103 Å².